The summed E-state index contributed by atoms with van der Waals surface area (Å²) in [6, 6.07) is 10.6. The van der Waals surface area contributed by atoms with Crippen molar-refractivity contribution >= 4 is 51.7 Å². The third-order valence-electron chi connectivity index (χ3n) is 4.11. The van der Waals surface area contributed by atoms with Crippen LogP contribution in [0.5, 0.6) is 0 Å². The number of nitrogens with zero attached hydrogens (tertiary/aromatic N) is 2. The van der Waals surface area contributed by atoms with Gasteiger partial charge in [0.1, 0.15) is 0 Å². The van der Waals surface area contributed by atoms with E-state index in [1.165, 1.54) is 24.3 Å². The molecule has 0 saturated carbocycles. The Morgan fingerprint density at radius 3 is 2.41 bits per heavy atom. The van der Waals surface area contributed by atoms with Crippen molar-refractivity contribution in [2.45, 2.75) is 17.4 Å². The van der Waals surface area contributed by atoms with Crippen LogP contribution < -0.4 is 10.6 Å². The van der Waals surface area contributed by atoms with Gasteiger partial charge in [-0.2, -0.15) is 13.2 Å². The van der Waals surface area contributed by atoms with E-state index in [4.69, 9.17) is 4.74 Å². The zero-order chi connectivity index (χ0) is 24.7. The fourth-order valence-corrected chi connectivity index (χ4v) is 4.19. The van der Waals surface area contributed by atoms with Gasteiger partial charge in [-0.1, -0.05) is 35.2 Å². The van der Waals surface area contributed by atoms with Crippen LogP contribution in [0, 0.1) is 0 Å². The molecule has 2 amide bonds. The molecule has 2 N–H and O–H groups in total. The fourth-order valence-electron chi connectivity index (χ4n) is 2.64. The van der Waals surface area contributed by atoms with Gasteiger partial charge in [0.2, 0.25) is 11.0 Å². The molecule has 0 aliphatic heterocycles. The van der Waals surface area contributed by atoms with Crippen LogP contribution in [0.2, 0.25) is 0 Å². The molecule has 178 valence electrons. The van der Waals surface area contributed by atoms with Crippen LogP contribution in [-0.4, -0.2) is 40.3 Å². The van der Waals surface area contributed by atoms with Crippen LogP contribution >= 0.6 is 23.1 Å². The van der Waals surface area contributed by atoms with E-state index in [1.54, 1.807) is 19.1 Å². The number of rotatable bonds is 8. The number of aromatic nitrogens is 2. The summed E-state index contributed by atoms with van der Waals surface area (Å²) in [6.07, 6.45) is -4.68. The van der Waals surface area contributed by atoms with E-state index < -0.39 is 29.2 Å². The van der Waals surface area contributed by atoms with Crippen LogP contribution in [0.15, 0.2) is 52.9 Å². The van der Waals surface area contributed by atoms with Gasteiger partial charge in [-0.15, -0.1) is 10.2 Å². The summed E-state index contributed by atoms with van der Waals surface area (Å²) in [5.41, 5.74) is -0.756. The van der Waals surface area contributed by atoms with Crippen molar-refractivity contribution in [3.05, 3.63) is 65.2 Å². The SMILES string of the molecule is CCOC(=O)c1ccc(NC(=O)CSc2nnc(NC(=O)c3ccccc3C(F)(F)F)s2)cc1. The summed E-state index contributed by atoms with van der Waals surface area (Å²) in [7, 11) is 0. The van der Waals surface area contributed by atoms with Gasteiger partial charge >= 0.3 is 12.1 Å². The maximum absolute atomic E-state index is 13.1. The molecule has 34 heavy (non-hydrogen) atoms. The number of carbonyl (C=O) groups is 3. The molecule has 0 unspecified atom stereocenters. The second-order valence-electron chi connectivity index (χ2n) is 6.51. The molecule has 0 saturated heterocycles. The molecule has 0 spiro atoms. The average Bonchev–Trinajstić information content (AvgIpc) is 3.25. The van der Waals surface area contributed by atoms with E-state index in [0.717, 1.165) is 35.2 Å². The smallest absolute Gasteiger partial charge is 0.417 e. The van der Waals surface area contributed by atoms with Crippen molar-refractivity contribution in [2.75, 3.05) is 23.0 Å². The van der Waals surface area contributed by atoms with Crippen molar-refractivity contribution < 1.29 is 32.3 Å². The number of esters is 1. The van der Waals surface area contributed by atoms with E-state index in [9.17, 15) is 27.6 Å². The van der Waals surface area contributed by atoms with Gasteiger partial charge in [0.05, 0.1) is 29.1 Å². The molecule has 3 rings (SSSR count). The minimum Gasteiger partial charge on any atom is -0.462 e. The van der Waals surface area contributed by atoms with Crippen molar-refractivity contribution in [2.24, 2.45) is 0 Å². The second kappa shape index (κ2) is 11.1. The summed E-state index contributed by atoms with van der Waals surface area (Å²) in [5.74, 6) is -1.81. The normalized spacial score (nSPS) is 11.1. The molecular formula is C21H17F3N4O4S2. The Morgan fingerprint density at radius 1 is 1.03 bits per heavy atom. The zero-order valence-electron chi connectivity index (χ0n) is 17.5. The Kier molecular flexibility index (Phi) is 8.23. The van der Waals surface area contributed by atoms with Gasteiger partial charge in [-0.05, 0) is 43.3 Å². The quantitative estimate of drug-likeness (QED) is 0.256. The number of amides is 2. The number of thioether (sulfide) groups is 1. The van der Waals surface area contributed by atoms with E-state index in [1.807, 2.05) is 0 Å². The molecule has 1 heterocycles. The molecule has 13 heteroatoms. The molecule has 3 aromatic rings. The standard InChI is InChI=1S/C21H17F3N4O4S2/c1-2-32-18(31)12-7-9-13(10-8-12)25-16(29)11-33-20-28-27-19(34-20)26-17(30)14-5-3-4-6-15(14)21(22,23)24/h3-10H,2,11H2,1H3,(H,25,29)(H,26,27,30). The van der Waals surface area contributed by atoms with Crippen molar-refractivity contribution in [1.82, 2.24) is 10.2 Å². The number of hydrogen-bond donors (Lipinski definition) is 2. The number of hydrogen-bond acceptors (Lipinski definition) is 8. The first kappa shape index (κ1) is 25.2. The zero-order valence-corrected chi connectivity index (χ0v) is 19.1. The van der Waals surface area contributed by atoms with Crippen molar-refractivity contribution in [1.29, 1.82) is 0 Å². The van der Waals surface area contributed by atoms with Crippen LogP contribution in [0.3, 0.4) is 0 Å². The van der Waals surface area contributed by atoms with Crippen LogP contribution in [0.4, 0.5) is 24.0 Å². The van der Waals surface area contributed by atoms with Crippen molar-refractivity contribution in [3.8, 4) is 0 Å². The molecular weight excluding hydrogens is 493 g/mol. The molecule has 0 fully saturated rings. The molecule has 2 aromatic carbocycles. The first-order valence-corrected chi connectivity index (χ1v) is 11.5. The van der Waals surface area contributed by atoms with E-state index >= 15 is 0 Å². The Bertz CT molecular complexity index is 1180. The lowest BCUT2D eigenvalue weighted by atomic mass is 10.1. The largest absolute Gasteiger partial charge is 0.462 e. The molecule has 0 bridgehead atoms. The molecule has 1 aromatic heterocycles. The molecule has 0 aliphatic rings. The topological polar surface area (TPSA) is 110 Å². The van der Waals surface area contributed by atoms with Gasteiger partial charge in [0, 0.05) is 5.69 Å². The van der Waals surface area contributed by atoms with E-state index in [-0.39, 0.29) is 23.4 Å². The summed E-state index contributed by atoms with van der Waals surface area (Å²) in [5, 5.41) is 12.5. The Labute approximate surface area is 199 Å². The van der Waals surface area contributed by atoms with Crippen molar-refractivity contribution in [3.63, 3.8) is 0 Å². The highest BCUT2D eigenvalue weighted by atomic mass is 32.2. The molecule has 8 nitrogen and oxygen atoms in total. The van der Waals surface area contributed by atoms with Crippen LogP contribution in [0.1, 0.15) is 33.2 Å². The van der Waals surface area contributed by atoms with E-state index in [0.29, 0.717) is 15.6 Å². The Balaban J connectivity index is 1.53. The Morgan fingerprint density at radius 2 is 1.74 bits per heavy atom. The number of anilines is 2. The number of nitrogens with one attached hydrogen (secondary N) is 2. The van der Waals surface area contributed by atoms with Gasteiger partial charge in [0.15, 0.2) is 4.34 Å². The van der Waals surface area contributed by atoms with Gasteiger partial charge < -0.3 is 10.1 Å². The number of alkyl halides is 3. The average molecular weight is 511 g/mol. The highest BCUT2D eigenvalue weighted by Gasteiger charge is 2.35. The number of carbonyl (C=O) groups excluding carboxylic acids is 3. The lowest BCUT2D eigenvalue weighted by molar-refractivity contribution is -0.137. The lowest BCUT2D eigenvalue weighted by Gasteiger charge is -2.11. The molecule has 0 radical (unpaired) electrons. The highest BCUT2D eigenvalue weighted by Crippen LogP contribution is 2.32. The fraction of sp³-hybridized carbons (Fsp3) is 0.190. The number of halogens is 3. The molecule has 0 aliphatic carbocycles. The summed E-state index contributed by atoms with van der Waals surface area (Å²) >= 11 is 1.96. The minimum atomic E-state index is -4.68. The van der Waals surface area contributed by atoms with Gasteiger partial charge in [-0.25, -0.2) is 4.79 Å². The molecule has 0 atom stereocenters. The third-order valence-corrected chi connectivity index (χ3v) is 6.08. The summed E-state index contributed by atoms with van der Waals surface area (Å²) < 4.78 is 44.5. The summed E-state index contributed by atoms with van der Waals surface area (Å²) in [4.78, 5) is 36.1. The van der Waals surface area contributed by atoms with E-state index in [2.05, 4.69) is 20.8 Å². The van der Waals surface area contributed by atoms with Gasteiger partial charge in [-0.3, -0.25) is 14.9 Å². The second-order valence-corrected chi connectivity index (χ2v) is 8.71. The maximum Gasteiger partial charge on any atom is 0.417 e. The lowest BCUT2D eigenvalue weighted by Crippen LogP contribution is -2.18. The Hall–Kier alpha value is -3.45. The summed E-state index contributed by atoms with van der Waals surface area (Å²) in [6.45, 7) is 1.96. The monoisotopic (exact) mass is 510 g/mol. The predicted molar refractivity (Wildman–Crippen MR) is 121 cm³/mol. The first-order chi connectivity index (χ1) is 16.2. The first-order valence-electron chi connectivity index (χ1n) is 9.68. The predicted octanol–water partition coefficient (Wildman–Crippen LogP) is 4.72. The third kappa shape index (κ3) is 6.78. The number of ether oxygens (including phenoxy) is 1. The highest BCUT2D eigenvalue weighted by molar-refractivity contribution is 8.01. The maximum atomic E-state index is 13.1. The minimum absolute atomic E-state index is 0.000519. The van der Waals surface area contributed by atoms with Crippen LogP contribution in [-0.2, 0) is 15.7 Å². The van der Waals surface area contributed by atoms with Gasteiger partial charge in [0.25, 0.3) is 5.91 Å². The van der Waals surface area contributed by atoms with Crippen LogP contribution in [0.25, 0.3) is 0 Å². The number of benzene rings is 2.